The van der Waals surface area contributed by atoms with Crippen molar-refractivity contribution in [2.75, 3.05) is 6.61 Å². The van der Waals surface area contributed by atoms with Crippen molar-refractivity contribution in [3.05, 3.63) is 26.8 Å². The summed E-state index contributed by atoms with van der Waals surface area (Å²) in [5, 5.41) is 8.55. The quantitative estimate of drug-likeness (QED) is 0.697. The van der Waals surface area contributed by atoms with Crippen LogP contribution in [0.25, 0.3) is 0 Å². The van der Waals surface area contributed by atoms with E-state index in [1.54, 1.807) is 0 Å². The lowest BCUT2D eigenvalue weighted by Gasteiger charge is -2.09. The van der Waals surface area contributed by atoms with Crippen LogP contribution >= 0.6 is 0 Å². The Hall–Kier alpha value is -1.50. The van der Waals surface area contributed by atoms with Gasteiger partial charge in [0.2, 0.25) is 0 Å². The Morgan fingerprint density at radius 2 is 2.25 bits per heavy atom. The summed E-state index contributed by atoms with van der Waals surface area (Å²) in [6, 6.07) is 0. The van der Waals surface area contributed by atoms with Crippen molar-refractivity contribution in [1.29, 1.82) is 0 Å². The molecule has 0 fully saturated rings. The average molecular weight is 229 g/mol. The second kappa shape index (κ2) is 4.17. The van der Waals surface area contributed by atoms with E-state index in [1.807, 2.05) is 0 Å². The standard InChI is InChI=1S/C9H12FN3O3/c10-6(5-14)4-13-8(15)11-7-2-1-3-12(7)9(13)16/h6,14H,1-5H2/t6-/m0/s1. The molecule has 16 heavy (non-hydrogen) atoms. The molecular weight excluding hydrogens is 217 g/mol. The molecule has 0 bridgehead atoms. The van der Waals surface area contributed by atoms with E-state index in [9.17, 15) is 14.0 Å². The molecule has 7 heteroatoms. The molecule has 2 heterocycles. The van der Waals surface area contributed by atoms with Crippen LogP contribution in [0.15, 0.2) is 9.59 Å². The highest BCUT2D eigenvalue weighted by atomic mass is 19.1. The highest BCUT2D eigenvalue weighted by Crippen LogP contribution is 2.06. The fraction of sp³-hybridized carbons (Fsp3) is 0.667. The van der Waals surface area contributed by atoms with Crippen molar-refractivity contribution in [2.45, 2.75) is 32.1 Å². The molecule has 1 N–H and O–H groups in total. The summed E-state index contributed by atoms with van der Waals surface area (Å²) in [6.07, 6.45) is -0.248. The lowest BCUT2D eigenvalue weighted by atomic mass is 10.4. The zero-order chi connectivity index (χ0) is 11.7. The van der Waals surface area contributed by atoms with Crippen LogP contribution in [0.1, 0.15) is 12.2 Å². The van der Waals surface area contributed by atoms with E-state index in [2.05, 4.69) is 4.98 Å². The Morgan fingerprint density at radius 3 is 2.94 bits per heavy atom. The predicted octanol–water partition coefficient (Wildman–Crippen LogP) is -1.32. The monoisotopic (exact) mass is 229 g/mol. The maximum atomic E-state index is 12.9. The number of halogens is 1. The van der Waals surface area contributed by atoms with E-state index in [4.69, 9.17) is 5.11 Å². The zero-order valence-corrected chi connectivity index (χ0v) is 8.60. The molecule has 88 valence electrons. The van der Waals surface area contributed by atoms with Crippen molar-refractivity contribution in [3.63, 3.8) is 0 Å². The van der Waals surface area contributed by atoms with E-state index in [0.717, 1.165) is 11.0 Å². The van der Waals surface area contributed by atoms with Crippen molar-refractivity contribution in [2.24, 2.45) is 0 Å². The fourth-order valence-corrected chi connectivity index (χ4v) is 1.79. The van der Waals surface area contributed by atoms with Crippen molar-refractivity contribution in [1.82, 2.24) is 14.1 Å². The van der Waals surface area contributed by atoms with Gasteiger partial charge in [0, 0.05) is 13.0 Å². The van der Waals surface area contributed by atoms with Gasteiger partial charge in [-0.2, -0.15) is 4.98 Å². The van der Waals surface area contributed by atoms with Crippen LogP contribution in [-0.2, 0) is 19.5 Å². The summed E-state index contributed by atoms with van der Waals surface area (Å²) in [5.41, 5.74) is -1.28. The Balaban J connectivity index is 2.47. The Labute approximate surface area is 90.0 Å². The number of hydrogen-bond donors (Lipinski definition) is 1. The summed E-state index contributed by atoms with van der Waals surface area (Å²) in [4.78, 5) is 26.9. The molecule has 1 atom stereocenters. The molecule has 0 amide bonds. The van der Waals surface area contributed by atoms with Gasteiger partial charge in [0.25, 0.3) is 0 Å². The van der Waals surface area contributed by atoms with Crippen LogP contribution in [0.2, 0.25) is 0 Å². The van der Waals surface area contributed by atoms with Gasteiger partial charge in [-0.15, -0.1) is 0 Å². The minimum atomic E-state index is -1.62. The van der Waals surface area contributed by atoms with Crippen LogP contribution < -0.4 is 11.4 Å². The first-order valence-corrected chi connectivity index (χ1v) is 5.09. The third-order valence-corrected chi connectivity index (χ3v) is 2.59. The number of nitrogens with zero attached hydrogens (tertiary/aromatic N) is 3. The minimum absolute atomic E-state index is 0.443. The molecule has 1 aromatic rings. The second-order valence-corrected chi connectivity index (χ2v) is 3.74. The third-order valence-electron chi connectivity index (χ3n) is 2.59. The molecule has 6 nitrogen and oxygen atoms in total. The lowest BCUT2D eigenvalue weighted by Crippen LogP contribution is -2.43. The topological polar surface area (TPSA) is 77.1 Å². The molecule has 2 rings (SSSR count). The van der Waals surface area contributed by atoms with E-state index < -0.39 is 30.7 Å². The number of aliphatic hydroxyl groups excluding tert-OH is 1. The van der Waals surface area contributed by atoms with Crippen LogP contribution in [0.5, 0.6) is 0 Å². The summed E-state index contributed by atoms with van der Waals surface area (Å²) >= 11 is 0. The van der Waals surface area contributed by atoms with Gasteiger partial charge in [0.1, 0.15) is 12.0 Å². The Bertz CT molecular complexity index is 508. The molecular formula is C9H12FN3O3. The predicted molar refractivity (Wildman–Crippen MR) is 53.1 cm³/mol. The molecule has 1 aliphatic heterocycles. The first-order chi connectivity index (χ1) is 7.63. The number of fused-ring (bicyclic) bond motifs is 1. The number of alkyl halides is 1. The van der Waals surface area contributed by atoms with Crippen molar-refractivity contribution in [3.8, 4) is 0 Å². The number of aliphatic hydroxyl groups is 1. The Morgan fingerprint density at radius 1 is 1.50 bits per heavy atom. The van der Waals surface area contributed by atoms with Crippen LogP contribution in [0.3, 0.4) is 0 Å². The number of aryl methyl sites for hydroxylation is 1. The number of aromatic nitrogens is 3. The first-order valence-electron chi connectivity index (χ1n) is 5.09. The van der Waals surface area contributed by atoms with Gasteiger partial charge in [0.15, 0.2) is 0 Å². The maximum absolute atomic E-state index is 12.9. The molecule has 0 saturated carbocycles. The normalized spacial score (nSPS) is 16.1. The second-order valence-electron chi connectivity index (χ2n) is 3.74. The molecule has 1 aromatic heterocycles. The molecule has 1 aliphatic rings. The van der Waals surface area contributed by atoms with Crippen molar-refractivity contribution < 1.29 is 9.50 Å². The Kier molecular flexibility index (Phi) is 2.86. The van der Waals surface area contributed by atoms with Crippen LogP contribution in [0.4, 0.5) is 4.39 Å². The molecule has 0 spiro atoms. The lowest BCUT2D eigenvalue weighted by molar-refractivity contribution is 0.158. The van der Waals surface area contributed by atoms with Gasteiger partial charge < -0.3 is 5.11 Å². The minimum Gasteiger partial charge on any atom is -0.393 e. The molecule has 0 aliphatic carbocycles. The third kappa shape index (κ3) is 1.78. The van der Waals surface area contributed by atoms with Gasteiger partial charge in [-0.1, -0.05) is 0 Å². The van der Waals surface area contributed by atoms with Crippen LogP contribution in [0, 0.1) is 0 Å². The van der Waals surface area contributed by atoms with Gasteiger partial charge in [0.05, 0.1) is 13.2 Å². The maximum Gasteiger partial charge on any atom is 0.353 e. The van der Waals surface area contributed by atoms with E-state index in [-0.39, 0.29) is 0 Å². The van der Waals surface area contributed by atoms with E-state index in [1.165, 1.54) is 4.57 Å². The smallest absolute Gasteiger partial charge is 0.353 e. The highest BCUT2D eigenvalue weighted by molar-refractivity contribution is 4.94. The van der Waals surface area contributed by atoms with Crippen LogP contribution in [-0.4, -0.2) is 32.0 Å². The molecule has 0 aromatic carbocycles. The first kappa shape index (κ1) is 11.0. The fourth-order valence-electron chi connectivity index (χ4n) is 1.79. The summed E-state index contributed by atoms with van der Waals surface area (Å²) in [6.45, 7) is -0.646. The SMILES string of the molecule is O=c1nc2n(c(=O)n1C[C@H](F)CO)CCC2. The zero-order valence-electron chi connectivity index (χ0n) is 8.60. The summed E-state index contributed by atoms with van der Waals surface area (Å²) in [7, 11) is 0. The summed E-state index contributed by atoms with van der Waals surface area (Å²) < 4.78 is 15.1. The molecule has 0 radical (unpaired) electrons. The van der Waals surface area contributed by atoms with E-state index >= 15 is 0 Å². The molecule has 0 saturated heterocycles. The van der Waals surface area contributed by atoms with Gasteiger partial charge >= 0.3 is 11.4 Å². The van der Waals surface area contributed by atoms with E-state index in [0.29, 0.717) is 18.8 Å². The highest BCUT2D eigenvalue weighted by Gasteiger charge is 2.19. The number of rotatable bonds is 3. The number of hydrogen-bond acceptors (Lipinski definition) is 4. The summed E-state index contributed by atoms with van der Waals surface area (Å²) in [5.74, 6) is 0.464. The largest absolute Gasteiger partial charge is 0.393 e. The molecule has 0 unspecified atom stereocenters. The average Bonchev–Trinajstić information content (AvgIpc) is 2.71. The van der Waals surface area contributed by atoms with Gasteiger partial charge in [-0.3, -0.25) is 4.57 Å². The van der Waals surface area contributed by atoms with Gasteiger partial charge in [-0.25, -0.2) is 18.5 Å². The van der Waals surface area contributed by atoms with Crippen molar-refractivity contribution >= 4 is 0 Å². The van der Waals surface area contributed by atoms with Gasteiger partial charge in [-0.05, 0) is 6.42 Å².